The van der Waals surface area contributed by atoms with E-state index in [1.54, 1.807) is 0 Å². The second-order valence-corrected chi connectivity index (χ2v) is 8.80. The lowest BCUT2D eigenvalue weighted by Gasteiger charge is -2.39. The number of aliphatic hydroxyl groups excluding tert-OH is 4. The van der Waals surface area contributed by atoms with Crippen molar-refractivity contribution in [2.24, 2.45) is 0 Å². The lowest BCUT2D eigenvalue weighted by Crippen LogP contribution is -2.60. The normalized spacial score (nSPS) is 23.9. The van der Waals surface area contributed by atoms with Crippen LogP contribution in [-0.2, 0) is 11.2 Å². The maximum absolute atomic E-state index is 10.4. The number of benzene rings is 3. The molecule has 0 unspecified atom stereocenters. The Labute approximate surface area is 208 Å². The summed E-state index contributed by atoms with van der Waals surface area (Å²) in [6.45, 7) is -0.540. The Morgan fingerprint density at radius 2 is 1.36 bits per heavy atom. The Morgan fingerprint density at radius 3 is 2.00 bits per heavy atom. The number of aliphatic hydroxyl groups is 4. The Balaban J connectivity index is 1.45. The molecule has 5 N–H and O–H groups in total. The maximum Gasteiger partial charge on any atom is 0.239 e. The molecule has 8 heteroatoms. The summed E-state index contributed by atoms with van der Waals surface area (Å²) >= 11 is 0. The summed E-state index contributed by atoms with van der Waals surface area (Å²) in [5.41, 5.74) is 5.65. The van der Waals surface area contributed by atoms with E-state index in [1.165, 1.54) is 0 Å². The maximum atomic E-state index is 10.4. The van der Waals surface area contributed by atoms with Crippen molar-refractivity contribution in [3.63, 3.8) is 0 Å². The third-order valence-corrected chi connectivity index (χ3v) is 6.41. The molecule has 1 fully saturated rings. The van der Waals surface area contributed by atoms with Gasteiger partial charge >= 0.3 is 0 Å². The van der Waals surface area contributed by atoms with Crippen LogP contribution < -0.4 is 4.74 Å². The summed E-state index contributed by atoms with van der Waals surface area (Å²) in [6, 6.07) is 28.0. The molecule has 36 heavy (non-hydrogen) atoms. The van der Waals surface area contributed by atoms with E-state index in [9.17, 15) is 20.4 Å². The topological polar surface area (TPSA) is 128 Å². The van der Waals surface area contributed by atoms with Crippen LogP contribution in [0.1, 0.15) is 11.1 Å². The standard InChI is InChI=1S/C28H28N2O6/c31-16-22-24(32)25(33)26(34)28(35-22)36-27-21(23(29-30-27)20-9-5-2-6-10-20)15-17-11-13-19(14-12-17)18-7-3-1-4-8-18/h1-14,22,24-26,28,31-34H,15-16H2,(H,29,30)/t22-,24-,25+,26-,28+/m1/s1. The average molecular weight is 489 g/mol. The minimum Gasteiger partial charge on any atom is -0.443 e. The first-order chi connectivity index (χ1) is 17.5. The quantitative estimate of drug-likeness (QED) is 0.270. The van der Waals surface area contributed by atoms with Gasteiger partial charge in [0.2, 0.25) is 12.2 Å². The van der Waals surface area contributed by atoms with Crippen LogP contribution in [0.5, 0.6) is 5.88 Å². The number of ether oxygens (including phenoxy) is 2. The van der Waals surface area contributed by atoms with Gasteiger partial charge in [0.25, 0.3) is 0 Å². The van der Waals surface area contributed by atoms with Crippen molar-refractivity contribution in [3.05, 3.63) is 96.1 Å². The molecule has 0 amide bonds. The third-order valence-electron chi connectivity index (χ3n) is 6.41. The van der Waals surface area contributed by atoms with Crippen LogP contribution in [0.3, 0.4) is 0 Å². The van der Waals surface area contributed by atoms with E-state index in [0.717, 1.165) is 33.5 Å². The SMILES string of the molecule is OC[C@H]1O[C@@H](Oc2n[nH]c(-c3ccccc3)c2Cc2ccc(-c3ccccc3)cc2)[C@H](O)[C@@H](O)[C@@H]1O. The zero-order valence-corrected chi connectivity index (χ0v) is 19.4. The van der Waals surface area contributed by atoms with E-state index in [0.29, 0.717) is 6.42 Å². The summed E-state index contributed by atoms with van der Waals surface area (Å²) in [6.07, 6.45) is -6.46. The Hall–Kier alpha value is -3.53. The minimum absolute atomic E-state index is 0.199. The predicted octanol–water partition coefficient (Wildman–Crippen LogP) is 2.51. The highest BCUT2D eigenvalue weighted by atomic mass is 16.7. The van der Waals surface area contributed by atoms with Crippen molar-refractivity contribution in [1.29, 1.82) is 0 Å². The van der Waals surface area contributed by atoms with Gasteiger partial charge in [0.05, 0.1) is 12.3 Å². The van der Waals surface area contributed by atoms with Gasteiger partial charge in [-0.1, -0.05) is 84.9 Å². The van der Waals surface area contributed by atoms with Gasteiger partial charge in [-0.05, 0) is 22.3 Å². The Kier molecular flexibility index (Phi) is 7.13. The fourth-order valence-corrected chi connectivity index (χ4v) is 4.38. The summed E-state index contributed by atoms with van der Waals surface area (Å²) < 4.78 is 11.5. The van der Waals surface area contributed by atoms with Gasteiger partial charge in [0, 0.05) is 12.0 Å². The highest BCUT2D eigenvalue weighted by molar-refractivity contribution is 5.67. The summed E-state index contributed by atoms with van der Waals surface area (Å²) in [5, 5.41) is 47.5. The molecule has 0 bridgehead atoms. The average Bonchev–Trinajstić information content (AvgIpc) is 3.32. The lowest BCUT2D eigenvalue weighted by molar-refractivity contribution is -0.278. The van der Waals surface area contributed by atoms with Crippen LogP contribution in [0.2, 0.25) is 0 Å². The number of hydrogen-bond donors (Lipinski definition) is 5. The second-order valence-electron chi connectivity index (χ2n) is 8.80. The van der Waals surface area contributed by atoms with Crippen LogP contribution in [0.4, 0.5) is 0 Å². The van der Waals surface area contributed by atoms with Crippen LogP contribution in [0.25, 0.3) is 22.4 Å². The van der Waals surface area contributed by atoms with Crippen LogP contribution in [0.15, 0.2) is 84.9 Å². The number of H-pyrrole nitrogens is 1. The van der Waals surface area contributed by atoms with Gasteiger partial charge in [0.15, 0.2) is 0 Å². The first-order valence-electron chi connectivity index (χ1n) is 11.8. The van der Waals surface area contributed by atoms with Gasteiger partial charge in [0.1, 0.15) is 24.4 Å². The van der Waals surface area contributed by atoms with E-state index < -0.39 is 37.3 Å². The summed E-state index contributed by atoms with van der Waals surface area (Å²) in [7, 11) is 0. The molecule has 2 heterocycles. The number of aromatic amines is 1. The molecule has 4 aromatic rings. The third kappa shape index (κ3) is 4.90. The molecule has 0 saturated carbocycles. The van der Waals surface area contributed by atoms with E-state index in [1.807, 2.05) is 60.7 Å². The van der Waals surface area contributed by atoms with E-state index in [4.69, 9.17) is 9.47 Å². The predicted molar refractivity (Wildman–Crippen MR) is 133 cm³/mol. The van der Waals surface area contributed by atoms with Crippen molar-refractivity contribution in [3.8, 4) is 28.3 Å². The Morgan fingerprint density at radius 1 is 0.750 bits per heavy atom. The van der Waals surface area contributed by atoms with Gasteiger partial charge < -0.3 is 29.9 Å². The molecule has 5 rings (SSSR count). The molecule has 1 aromatic heterocycles. The van der Waals surface area contributed by atoms with Gasteiger partial charge in [-0.25, -0.2) is 0 Å². The van der Waals surface area contributed by atoms with Crippen LogP contribution in [0, 0.1) is 0 Å². The van der Waals surface area contributed by atoms with E-state index in [2.05, 4.69) is 34.5 Å². The smallest absolute Gasteiger partial charge is 0.239 e. The molecule has 0 aliphatic carbocycles. The molecule has 5 atom stereocenters. The molecule has 0 spiro atoms. The molecule has 1 aliphatic heterocycles. The van der Waals surface area contributed by atoms with Crippen LogP contribution >= 0.6 is 0 Å². The number of nitrogens with one attached hydrogen (secondary N) is 1. The van der Waals surface area contributed by atoms with E-state index in [-0.39, 0.29) is 5.88 Å². The van der Waals surface area contributed by atoms with E-state index >= 15 is 0 Å². The van der Waals surface area contributed by atoms with Crippen molar-refractivity contribution in [2.45, 2.75) is 37.1 Å². The van der Waals surface area contributed by atoms with Crippen molar-refractivity contribution >= 4 is 0 Å². The molecular formula is C28H28N2O6. The largest absolute Gasteiger partial charge is 0.443 e. The van der Waals surface area contributed by atoms with Crippen LogP contribution in [-0.4, -0.2) is 67.9 Å². The Bertz CT molecular complexity index is 1260. The molecule has 0 radical (unpaired) electrons. The zero-order valence-electron chi connectivity index (χ0n) is 19.4. The summed E-state index contributed by atoms with van der Waals surface area (Å²) in [4.78, 5) is 0. The molecular weight excluding hydrogens is 460 g/mol. The van der Waals surface area contributed by atoms with Crippen molar-refractivity contribution in [2.75, 3.05) is 6.61 Å². The zero-order chi connectivity index (χ0) is 25.1. The van der Waals surface area contributed by atoms with Gasteiger partial charge in [-0.15, -0.1) is 5.10 Å². The molecule has 186 valence electrons. The molecule has 3 aromatic carbocycles. The lowest BCUT2D eigenvalue weighted by atomic mass is 9.98. The van der Waals surface area contributed by atoms with Gasteiger partial charge in [-0.2, -0.15) is 0 Å². The number of hydrogen-bond acceptors (Lipinski definition) is 7. The molecule has 8 nitrogen and oxygen atoms in total. The van der Waals surface area contributed by atoms with Gasteiger partial charge in [-0.3, -0.25) is 5.10 Å². The number of aromatic nitrogens is 2. The summed E-state index contributed by atoms with van der Waals surface area (Å²) in [5.74, 6) is 0.199. The fourth-order valence-electron chi connectivity index (χ4n) is 4.38. The first-order valence-corrected chi connectivity index (χ1v) is 11.8. The minimum atomic E-state index is -1.54. The number of nitrogens with zero attached hydrogens (tertiary/aromatic N) is 1. The monoisotopic (exact) mass is 488 g/mol. The highest BCUT2D eigenvalue weighted by Gasteiger charge is 2.45. The first kappa shape index (κ1) is 24.2. The van der Waals surface area contributed by atoms with Crippen molar-refractivity contribution in [1.82, 2.24) is 10.2 Å². The fraction of sp³-hybridized carbons (Fsp3) is 0.250. The molecule has 1 aliphatic rings. The van der Waals surface area contributed by atoms with Crippen molar-refractivity contribution < 1.29 is 29.9 Å². The number of rotatable bonds is 7. The second kappa shape index (κ2) is 10.6. The molecule has 1 saturated heterocycles. The highest BCUT2D eigenvalue weighted by Crippen LogP contribution is 2.33.